The molecule has 0 spiro atoms. The van der Waals surface area contributed by atoms with Crippen molar-refractivity contribution in [1.82, 2.24) is 0 Å². The highest BCUT2D eigenvalue weighted by Crippen LogP contribution is 2.23. The van der Waals surface area contributed by atoms with E-state index in [1.165, 1.54) is 89.9 Å². The molecule has 1 rings (SSSR count). The smallest absolute Gasteiger partial charge is 0.209 e. The van der Waals surface area contributed by atoms with Crippen molar-refractivity contribution in [1.29, 1.82) is 0 Å². The van der Waals surface area contributed by atoms with E-state index in [0.29, 0.717) is 0 Å². The van der Waals surface area contributed by atoms with Crippen LogP contribution in [0.1, 0.15) is 116 Å². The number of aliphatic imine (C=N–C) groups is 1. The highest BCUT2D eigenvalue weighted by atomic mass is 16.4. The molecule has 5 heteroatoms. The van der Waals surface area contributed by atoms with Crippen molar-refractivity contribution in [2.75, 3.05) is 6.54 Å². The van der Waals surface area contributed by atoms with Gasteiger partial charge in [-0.05, 0) is 19.3 Å². The van der Waals surface area contributed by atoms with Crippen LogP contribution in [0.15, 0.2) is 30.0 Å². The summed E-state index contributed by atoms with van der Waals surface area (Å²) in [4.78, 5) is 15.6. The largest absolute Gasteiger partial charge is 0.544 e. The zero-order chi connectivity index (χ0) is 22.8. The second-order valence-corrected chi connectivity index (χ2v) is 9.18. The summed E-state index contributed by atoms with van der Waals surface area (Å²) in [5.74, 6) is -0.230. The molecule has 0 saturated carbocycles. The number of allylic oxidation sites excluding steroid dienone is 1. The third-order valence-corrected chi connectivity index (χ3v) is 6.46. The van der Waals surface area contributed by atoms with Crippen molar-refractivity contribution >= 4 is 11.8 Å². The van der Waals surface area contributed by atoms with Gasteiger partial charge in [0.05, 0.1) is 12.2 Å². The maximum atomic E-state index is 11.2. The van der Waals surface area contributed by atoms with Gasteiger partial charge in [0.1, 0.15) is 18.9 Å². The molecule has 31 heavy (non-hydrogen) atoms. The molecule has 0 amide bonds. The van der Waals surface area contributed by atoms with Gasteiger partial charge in [0.15, 0.2) is 0 Å². The minimum absolute atomic E-state index is 0.109. The number of rotatable bonds is 21. The normalized spacial score (nSPS) is 18.8. The van der Waals surface area contributed by atoms with E-state index in [1.807, 2.05) is 13.0 Å². The molecule has 0 bridgehead atoms. The molecule has 0 aliphatic carbocycles. The number of nitrogens with zero attached hydrogens (tertiary/aromatic N) is 2. The second-order valence-electron chi connectivity index (χ2n) is 9.18. The molecule has 0 radical (unpaired) electrons. The number of nitrogens with two attached hydrogens (primary N) is 1. The van der Waals surface area contributed by atoms with Gasteiger partial charge in [-0.3, -0.25) is 5.73 Å². The lowest BCUT2D eigenvalue weighted by Crippen LogP contribution is -2.60. The Kier molecular flexibility index (Phi) is 15.2. The highest BCUT2D eigenvalue weighted by molar-refractivity contribution is 5.81. The molecular formula is C26H47N3O2. The topological polar surface area (TPSA) is 78.5 Å². The number of quaternary nitrogens is 1. The molecule has 0 aromatic heterocycles. The van der Waals surface area contributed by atoms with Crippen LogP contribution in [0.25, 0.3) is 0 Å². The fraction of sp³-hybridized carbons (Fsp3) is 0.769. The Morgan fingerprint density at radius 1 is 0.968 bits per heavy atom. The molecule has 2 N–H and O–H groups in total. The Balaban J connectivity index is 1.95. The average molecular weight is 434 g/mol. The van der Waals surface area contributed by atoms with Crippen LogP contribution < -0.4 is 10.8 Å². The maximum Gasteiger partial charge on any atom is 0.209 e. The Morgan fingerprint density at radius 2 is 1.42 bits per heavy atom. The Hall–Kier alpha value is -1.46. The van der Waals surface area contributed by atoms with Gasteiger partial charge in [-0.2, -0.15) is 0 Å². The lowest BCUT2D eigenvalue weighted by molar-refractivity contribution is -0.808. The van der Waals surface area contributed by atoms with E-state index in [4.69, 9.17) is 5.73 Å². The summed E-state index contributed by atoms with van der Waals surface area (Å²) in [6, 6.07) is 0. The third-order valence-electron chi connectivity index (χ3n) is 6.46. The van der Waals surface area contributed by atoms with Crippen molar-refractivity contribution in [2.45, 2.75) is 122 Å². The average Bonchev–Trinajstić information content (AvgIpc) is 3.13. The third kappa shape index (κ3) is 11.6. The molecule has 0 aromatic rings. The van der Waals surface area contributed by atoms with Crippen LogP contribution in [0.3, 0.4) is 0 Å². The monoisotopic (exact) mass is 433 g/mol. The van der Waals surface area contributed by atoms with E-state index in [0.717, 1.165) is 25.1 Å². The first-order valence-electron chi connectivity index (χ1n) is 12.7. The standard InChI is InChI=1S/C26H47N3O2/c1-3-4-5-6-7-8-9-10-11-12-13-14-15-16-17-18-19-20-25-28-21-22-29(25,24(2)27)23-26(30)31/h3,21-22,24H,1,4-20,23,27H2,2H3. The van der Waals surface area contributed by atoms with Crippen LogP contribution in [-0.2, 0) is 4.79 Å². The summed E-state index contributed by atoms with van der Waals surface area (Å²) in [5, 5.41) is 11.2. The van der Waals surface area contributed by atoms with Crippen LogP contribution in [0.4, 0.5) is 0 Å². The molecular weight excluding hydrogens is 386 g/mol. The minimum atomic E-state index is -1.09. The molecule has 0 fully saturated rings. The zero-order valence-electron chi connectivity index (χ0n) is 20.0. The first kappa shape index (κ1) is 27.6. The Bertz CT molecular complexity index is 557. The lowest BCUT2D eigenvalue weighted by Gasteiger charge is -2.36. The van der Waals surface area contributed by atoms with Crippen molar-refractivity contribution < 1.29 is 14.4 Å². The first-order valence-corrected chi connectivity index (χ1v) is 12.7. The number of carbonyl (C=O) groups is 1. The van der Waals surface area contributed by atoms with Crippen molar-refractivity contribution in [3.63, 3.8) is 0 Å². The number of carbonyl (C=O) groups excluding carboxylic acids is 1. The number of amidine groups is 1. The van der Waals surface area contributed by atoms with Gasteiger partial charge in [-0.1, -0.05) is 89.5 Å². The van der Waals surface area contributed by atoms with Gasteiger partial charge >= 0.3 is 0 Å². The van der Waals surface area contributed by atoms with Crippen LogP contribution in [0.2, 0.25) is 0 Å². The fourth-order valence-electron chi connectivity index (χ4n) is 4.45. The molecule has 0 saturated heterocycles. The number of carboxylic acid groups (broad SMARTS) is 1. The van der Waals surface area contributed by atoms with E-state index in [1.54, 1.807) is 12.4 Å². The van der Waals surface area contributed by atoms with Gasteiger partial charge in [0.25, 0.3) is 0 Å². The van der Waals surface area contributed by atoms with Crippen LogP contribution in [-0.4, -0.2) is 29.0 Å². The number of unbranched alkanes of at least 4 members (excludes halogenated alkanes) is 15. The van der Waals surface area contributed by atoms with Gasteiger partial charge in [-0.15, -0.1) is 6.58 Å². The summed E-state index contributed by atoms with van der Waals surface area (Å²) in [6.07, 6.45) is 27.0. The Morgan fingerprint density at radius 3 is 1.84 bits per heavy atom. The SMILES string of the molecule is C=CCCCCCCCCCCCCCCCCCC1=NC=C[N+]1(CC(=O)[O-])C(C)N. The number of hydrogen-bond donors (Lipinski definition) is 1. The number of hydrogen-bond acceptors (Lipinski definition) is 4. The quantitative estimate of drug-likeness (QED) is 0.146. The van der Waals surface area contributed by atoms with E-state index in [2.05, 4.69) is 11.6 Å². The summed E-state index contributed by atoms with van der Waals surface area (Å²) in [7, 11) is 0. The summed E-state index contributed by atoms with van der Waals surface area (Å²) >= 11 is 0. The molecule has 1 aliphatic rings. The molecule has 0 aromatic carbocycles. The van der Waals surface area contributed by atoms with Gasteiger partial charge in [0, 0.05) is 13.3 Å². The van der Waals surface area contributed by atoms with Crippen LogP contribution in [0.5, 0.6) is 0 Å². The Labute approximate surface area is 191 Å². The predicted molar refractivity (Wildman–Crippen MR) is 129 cm³/mol. The van der Waals surface area contributed by atoms with E-state index >= 15 is 0 Å². The number of carboxylic acids is 1. The van der Waals surface area contributed by atoms with Gasteiger partial charge < -0.3 is 9.90 Å². The highest BCUT2D eigenvalue weighted by Gasteiger charge is 2.38. The fourth-order valence-corrected chi connectivity index (χ4v) is 4.45. The maximum absolute atomic E-state index is 11.2. The minimum Gasteiger partial charge on any atom is -0.544 e. The molecule has 2 atom stereocenters. The van der Waals surface area contributed by atoms with Gasteiger partial charge in [0.2, 0.25) is 5.84 Å². The molecule has 5 nitrogen and oxygen atoms in total. The molecule has 2 unspecified atom stereocenters. The molecule has 1 heterocycles. The zero-order valence-corrected chi connectivity index (χ0v) is 20.0. The van der Waals surface area contributed by atoms with Crippen LogP contribution in [0, 0.1) is 0 Å². The summed E-state index contributed by atoms with van der Waals surface area (Å²) in [6.45, 7) is 5.47. The van der Waals surface area contributed by atoms with Crippen molar-refractivity contribution in [3.8, 4) is 0 Å². The van der Waals surface area contributed by atoms with Crippen LogP contribution >= 0.6 is 0 Å². The van der Waals surface area contributed by atoms with E-state index < -0.39 is 5.97 Å². The van der Waals surface area contributed by atoms with Gasteiger partial charge in [-0.25, -0.2) is 9.48 Å². The predicted octanol–water partition coefficient (Wildman–Crippen LogP) is 5.56. The number of aliphatic carboxylic acids is 1. The summed E-state index contributed by atoms with van der Waals surface area (Å²) in [5.41, 5.74) is 6.08. The first-order chi connectivity index (χ1) is 15.0. The lowest BCUT2D eigenvalue weighted by atomic mass is 10.0. The van der Waals surface area contributed by atoms with E-state index in [9.17, 15) is 9.90 Å². The second kappa shape index (κ2) is 17.1. The van der Waals surface area contributed by atoms with Crippen molar-refractivity contribution in [3.05, 3.63) is 25.1 Å². The van der Waals surface area contributed by atoms with Crippen molar-refractivity contribution in [2.24, 2.45) is 10.7 Å². The van der Waals surface area contributed by atoms with E-state index in [-0.39, 0.29) is 17.2 Å². The molecule has 1 aliphatic heterocycles. The molecule has 178 valence electrons. The summed E-state index contributed by atoms with van der Waals surface area (Å²) < 4.78 is 0.109.